The molecule has 1 aliphatic rings. The van der Waals surface area contributed by atoms with Gasteiger partial charge in [-0.2, -0.15) is 0 Å². The van der Waals surface area contributed by atoms with E-state index in [1.54, 1.807) is 0 Å². The zero-order chi connectivity index (χ0) is 11.3. The molecule has 0 aromatic rings. The monoisotopic (exact) mass is 214 g/mol. The molecule has 1 aliphatic heterocycles. The molecule has 1 unspecified atom stereocenters. The van der Waals surface area contributed by atoms with E-state index < -0.39 is 0 Å². The van der Waals surface area contributed by atoms with Crippen LogP contribution in [0, 0.1) is 0 Å². The molecule has 0 aliphatic carbocycles. The molecule has 1 heterocycles. The van der Waals surface area contributed by atoms with Gasteiger partial charge in [-0.3, -0.25) is 9.69 Å². The van der Waals surface area contributed by atoms with Crippen molar-refractivity contribution in [2.75, 3.05) is 19.7 Å². The summed E-state index contributed by atoms with van der Waals surface area (Å²) in [5.41, 5.74) is 0. The molecule has 0 aromatic carbocycles. The molecule has 1 atom stereocenters. The first-order valence-corrected chi connectivity index (χ1v) is 5.34. The Hall–Kier alpha value is -1.26. The zero-order valence-corrected chi connectivity index (χ0v) is 9.28. The van der Waals surface area contributed by atoms with Gasteiger partial charge in [0.25, 0.3) is 0 Å². The zero-order valence-electron chi connectivity index (χ0n) is 9.28. The summed E-state index contributed by atoms with van der Waals surface area (Å²) in [6, 6.07) is 0.151. The molecule has 1 N–H and O–H groups in total. The van der Waals surface area contributed by atoms with Gasteiger partial charge in [-0.15, -0.1) is 0 Å². The largest absolute Gasteiger partial charge is 0.449 e. The molecular formula is C10H18N2O3. The summed E-state index contributed by atoms with van der Waals surface area (Å²) in [6.45, 7) is 5.10. The molecule has 15 heavy (non-hydrogen) atoms. The number of nitrogens with zero attached hydrogens (tertiary/aromatic N) is 1. The predicted octanol–water partition coefficient (Wildman–Crippen LogP) is 0.743. The Morgan fingerprint density at radius 2 is 2.40 bits per heavy atom. The van der Waals surface area contributed by atoms with Crippen LogP contribution in [-0.4, -0.2) is 42.6 Å². The van der Waals surface area contributed by atoms with Gasteiger partial charge in [-0.25, -0.2) is 4.79 Å². The summed E-state index contributed by atoms with van der Waals surface area (Å²) in [5, 5.41) is 2.81. The quantitative estimate of drug-likeness (QED) is 0.751. The van der Waals surface area contributed by atoms with Crippen LogP contribution in [0.3, 0.4) is 0 Å². The Morgan fingerprint density at radius 1 is 1.67 bits per heavy atom. The van der Waals surface area contributed by atoms with Gasteiger partial charge in [-0.05, 0) is 19.8 Å². The van der Waals surface area contributed by atoms with Crippen LogP contribution in [0.1, 0.15) is 26.7 Å². The number of hydrogen-bond acceptors (Lipinski definition) is 3. The topological polar surface area (TPSA) is 58.6 Å². The molecule has 0 radical (unpaired) electrons. The maximum Gasteiger partial charge on any atom is 0.410 e. The fraction of sp³-hybridized carbons (Fsp3) is 0.800. The molecule has 0 spiro atoms. The van der Waals surface area contributed by atoms with Crippen LogP contribution < -0.4 is 5.32 Å². The van der Waals surface area contributed by atoms with Crippen molar-refractivity contribution >= 4 is 12.0 Å². The Bertz CT molecular complexity index is 243. The molecule has 5 nitrogen and oxygen atoms in total. The normalized spacial score (nSPS) is 18.3. The molecule has 86 valence electrons. The van der Waals surface area contributed by atoms with Crippen LogP contribution in [0.2, 0.25) is 0 Å². The minimum Gasteiger partial charge on any atom is -0.449 e. The lowest BCUT2D eigenvalue weighted by Gasteiger charge is -2.26. The van der Waals surface area contributed by atoms with Gasteiger partial charge in [-0.1, -0.05) is 6.92 Å². The van der Waals surface area contributed by atoms with Crippen LogP contribution >= 0.6 is 0 Å². The minimum absolute atomic E-state index is 0.100. The fourth-order valence-corrected chi connectivity index (χ4v) is 1.34. The highest BCUT2D eigenvalue weighted by molar-refractivity contribution is 5.82. The van der Waals surface area contributed by atoms with Crippen LogP contribution in [0.25, 0.3) is 0 Å². The second kappa shape index (κ2) is 5.58. The van der Waals surface area contributed by atoms with Gasteiger partial charge in [0, 0.05) is 12.6 Å². The van der Waals surface area contributed by atoms with Crippen molar-refractivity contribution in [3.05, 3.63) is 0 Å². The van der Waals surface area contributed by atoms with E-state index in [2.05, 4.69) is 5.32 Å². The first-order chi connectivity index (χ1) is 7.13. The van der Waals surface area contributed by atoms with Gasteiger partial charge in [0.15, 0.2) is 0 Å². The maximum atomic E-state index is 11.5. The van der Waals surface area contributed by atoms with Crippen molar-refractivity contribution in [2.45, 2.75) is 32.7 Å². The Balaban J connectivity index is 2.33. The van der Waals surface area contributed by atoms with E-state index in [0.717, 1.165) is 12.8 Å². The highest BCUT2D eigenvalue weighted by Crippen LogP contribution is 2.03. The van der Waals surface area contributed by atoms with Crippen LogP contribution in [-0.2, 0) is 9.53 Å². The Morgan fingerprint density at radius 3 is 3.00 bits per heavy atom. The summed E-state index contributed by atoms with van der Waals surface area (Å²) in [4.78, 5) is 24.1. The van der Waals surface area contributed by atoms with E-state index >= 15 is 0 Å². The van der Waals surface area contributed by atoms with Crippen molar-refractivity contribution in [2.24, 2.45) is 0 Å². The van der Waals surface area contributed by atoms with Crippen LogP contribution in [0.4, 0.5) is 4.79 Å². The standard InChI is InChI=1S/C10H18N2O3/c1-3-8(2)11-9(13)7-12-5-4-6-15-10(12)14/h8H,3-7H2,1-2H3,(H,11,13). The fourth-order valence-electron chi connectivity index (χ4n) is 1.34. The van der Waals surface area contributed by atoms with Gasteiger partial charge in [0.1, 0.15) is 6.54 Å². The lowest BCUT2D eigenvalue weighted by Crippen LogP contribution is -2.46. The van der Waals surface area contributed by atoms with Crippen molar-refractivity contribution in [1.29, 1.82) is 0 Å². The first kappa shape index (κ1) is 11.8. The number of rotatable bonds is 4. The van der Waals surface area contributed by atoms with E-state index in [0.29, 0.717) is 13.2 Å². The van der Waals surface area contributed by atoms with Gasteiger partial charge >= 0.3 is 6.09 Å². The molecule has 1 saturated heterocycles. The van der Waals surface area contributed by atoms with E-state index in [1.165, 1.54) is 4.90 Å². The number of carbonyl (C=O) groups excluding carboxylic acids is 2. The average molecular weight is 214 g/mol. The maximum absolute atomic E-state index is 11.5. The average Bonchev–Trinajstić information content (AvgIpc) is 2.21. The van der Waals surface area contributed by atoms with E-state index in [4.69, 9.17) is 4.74 Å². The second-order valence-electron chi connectivity index (χ2n) is 3.77. The summed E-state index contributed by atoms with van der Waals surface area (Å²) in [6.07, 6.45) is 1.29. The lowest BCUT2D eigenvalue weighted by atomic mass is 10.2. The minimum atomic E-state index is -0.388. The van der Waals surface area contributed by atoms with E-state index in [-0.39, 0.29) is 24.6 Å². The van der Waals surface area contributed by atoms with Gasteiger partial charge in [0.2, 0.25) is 5.91 Å². The molecule has 2 amide bonds. The number of nitrogens with one attached hydrogen (secondary N) is 1. The van der Waals surface area contributed by atoms with Crippen molar-refractivity contribution in [1.82, 2.24) is 10.2 Å². The number of ether oxygens (including phenoxy) is 1. The predicted molar refractivity (Wildman–Crippen MR) is 55.4 cm³/mol. The molecule has 0 saturated carbocycles. The Labute approximate surface area is 89.8 Å². The van der Waals surface area contributed by atoms with E-state index in [1.807, 2.05) is 13.8 Å². The summed E-state index contributed by atoms with van der Waals surface area (Å²) in [5.74, 6) is -0.122. The smallest absolute Gasteiger partial charge is 0.410 e. The SMILES string of the molecule is CCC(C)NC(=O)CN1CCCOC1=O. The van der Waals surface area contributed by atoms with E-state index in [9.17, 15) is 9.59 Å². The number of carbonyl (C=O) groups is 2. The van der Waals surface area contributed by atoms with Crippen molar-refractivity contribution < 1.29 is 14.3 Å². The molecule has 1 fully saturated rings. The lowest BCUT2D eigenvalue weighted by molar-refractivity contribution is -0.122. The summed E-state index contributed by atoms with van der Waals surface area (Å²) in [7, 11) is 0. The van der Waals surface area contributed by atoms with Crippen molar-refractivity contribution in [3.63, 3.8) is 0 Å². The summed E-state index contributed by atoms with van der Waals surface area (Å²) >= 11 is 0. The molecule has 5 heteroatoms. The van der Waals surface area contributed by atoms with Crippen LogP contribution in [0.15, 0.2) is 0 Å². The highest BCUT2D eigenvalue weighted by atomic mass is 16.6. The molecule has 1 rings (SSSR count). The number of hydrogen-bond donors (Lipinski definition) is 1. The third-order valence-corrected chi connectivity index (χ3v) is 2.41. The molecular weight excluding hydrogens is 196 g/mol. The molecule has 0 bridgehead atoms. The van der Waals surface area contributed by atoms with Gasteiger partial charge < -0.3 is 10.1 Å². The third kappa shape index (κ3) is 3.77. The number of amides is 2. The Kier molecular flexibility index (Phi) is 4.39. The summed E-state index contributed by atoms with van der Waals surface area (Å²) < 4.78 is 4.83. The van der Waals surface area contributed by atoms with Crippen LogP contribution in [0.5, 0.6) is 0 Å². The van der Waals surface area contributed by atoms with Gasteiger partial charge in [0.05, 0.1) is 6.61 Å². The first-order valence-electron chi connectivity index (χ1n) is 5.34. The number of cyclic esters (lactones) is 1. The highest BCUT2D eigenvalue weighted by Gasteiger charge is 2.22. The second-order valence-corrected chi connectivity index (χ2v) is 3.77. The third-order valence-electron chi connectivity index (χ3n) is 2.41. The molecule has 0 aromatic heterocycles. The van der Waals surface area contributed by atoms with Crippen molar-refractivity contribution in [3.8, 4) is 0 Å².